The molecule has 8 nitrogen and oxygen atoms in total. The number of carbonyl (C=O) groups excluding carboxylic acids is 1. The lowest BCUT2D eigenvalue weighted by atomic mass is 9.56. The van der Waals surface area contributed by atoms with E-state index in [2.05, 4.69) is 4.98 Å². The molecule has 136 valence electrons. The summed E-state index contributed by atoms with van der Waals surface area (Å²) < 4.78 is 33.4. The van der Waals surface area contributed by atoms with E-state index in [1.165, 1.54) is 13.2 Å². The van der Waals surface area contributed by atoms with Gasteiger partial charge >= 0.3 is 5.97 Å². The number of ether oxygens (including phenoxy) is 1. The molecule has 2 unspecified atom stereocenters. The standard InChI is InChI=1S/C16H19NO7S/c1-8-7-16(15(19)20)10-4-5-12(23-2)17-11(10)6-9(14(16)18)13(8)24-25(3,21)22/h4-5,8-9,13H,6-7H2,1-3H3,(H,19,20)/t8?,9-,13?,16+/m1/s1. The van der Waals surface area contributed by atoms with Crippen molar-refractivity contribution in [1.82, 2.24) is 4.98 Å². The molecule has 1 fully saturated rings. The van der Waals surface area contributed by atoms with Crippen molar-refractivity contribution in [2.75, 3.05) is 13.4 Å². The average molecular weight is 369 g/mol. The zero-order chi connectivity index (χ0) is 18.6. The summed E-state index contributed by atoms with van der Waals surface area (Å²) in [5.41, 5.74) is -0.944. The highest BCUT2D eigenvalue weighted by Gasteiger charge is 2.61. The Labute approximate surface area is 145 Å². The molecule has 0 radical (unpaired) electrons. The van der Waals surface area contributed by atoms with Gasteiger partial charge in [0, 0.05) is 12.5 Å². The zero-order valence-corrected chi connectivity index (χ0v) is 14.9. The van der Waals surface area contributed by atoms with Crippen LogP contribution in [0.2, 0.25) is 0 Å². The first kappa shape index (κ1) is 17.8. The van der Waals surface area contributed by atoms with Crippen LogP contribution < -0.4 is 4.74 Å². The number of aliphatic carboxylic acids is 1. The fraction of sp³-hybridized carbons (Fsp3) is 0.562. The van der Waals surface area contributed by atoms with E-state index in [1.54, 1.807) is 13.0 Å². The van der Waals surface area contributed by atoms with Crippen LogP contribution in [0, 0.1) is 11.8 Å². The molecule has 2 aliphatic rings. The van der Waals surface area contributed by atoms with Gasteiger partial charge in [-0.2, -0.15) is 8.42 Å². The van der Waals surface area contributed by atoms with Gasteiger partial charge in [0.1, 0.15) is 0 Å². The topological polar surface area (TPSA) is 120 Å². The van der Waals surface area contributed by atoms with Crippen molar-refractivity contribution in [3.63, 3.8) is 0 Å². The first-order valence-corrected chi connectivity index (χ1v) is 9.62. The number of carboxylic acid groups (broad SMARTS) is 1. The second-order valence-corrected chi connectivity index (χ2v) is 8.28. The van der Waals surface area contributed by atoms with Crippen molar-refractivity contribution in [3.05, 3.63) is 23.4 Å². The van der Waals surface area contributed by atoms with Gasteiger partial charge < -0.3 is 9.84 Å². The number of aromatic nitrogens is 1. The van der Waals surface area contributed by atoms with Crippen LogP contribution in [0.15, 0.2) is 12.1 Å². The van der Waals surface area contributed by atoms with Crippen LogP contribution in [0.25, 0.3) is 0 Å². The molecular weight excluding hydrogens is 350 g/mol. The van der Waals surface area contributed by atoms with Crippen molar-refractivity contribution < 1.29 is 32.0 Å². The summed E-state index contributed by atoms with van der Waals surface area (Å²) >= 11 is 0. The van der Waals surface area contributed by atoms with E-state index in [-0.39, 0.29) is 12.8 Å². The number of nitrogens with zero attached hydrogens (tertiary/aromatic N) is 1. The fourth-order valence-corrected chi connectivity index (χ4v) is 4.76. The van der Waals surface area contributed by atoms with Crippen LogP contribution in [0.4, 0.5) is 0 Å². The van der Waals surface area contributed by atoms with E-state index in [4.69, 9.17) is 8.92 Å². The van der Waals surface area contributed by atoms with Crippen molar-refractivity contribution in [2.45, 2.75) is 31.3 Å². The molecule has 1 heterocycles. The lowest BCUT2D eigenvalue weighted by Crippen LogP contribution is -2.60. The highest BCUT2D eigenvalue weighted by molar-refractivity contribution is 7.86. The van der Waals surface area contributed by atoms with Crippen LogP contribution in [-0.4, -0.2) is 49.7 Å². The molecule has 1 N–H and O–H groups in total. The minimum absolute atomic E-state index is 0.0428. The third-order valence-electron chi connectivity index (χ3n) is 5.02. The van der Waals surface area contributed by atoms with Crippen LogP contribution in [0.3, 0.4) is 0 Å². The van der Waals surface area contributed by atoms with Gasteiger partial charge in [-0.05, 0) is 17.9 Å². The number of hydrogen-bond donors (Lipinski definition) is 1. The minimum Gasteiger partial charge on any atom is -0.481 e. The largest absolute Gasteiger partial charge is 0.481 e. The second kappa shape index (κ2) is 5.77. The number of carbonyl (C=O) groups is 2. The maximum Gasteiger partial charge on any atom is 0.321 e. The molecule has 0 amide bonds. The molecule has 0 saturated heterocycles. The lowest BCUT2D eigenvalue weighted by molar-refractivity contribution is -0.158. The number of Topliss-reactive ketones (excluding diaryl/α,β-unsaturated/α-hetero) is 1. The Morgan fingerprint density at radius 2 is 2.08 bits per heavy atom. The number of ketones is 1. The Bertz CT molecular complexity index is 850. The van der Waals surface area contributed by atoms with E-state index in [0.717, 1.165) is 6.26 Å². The lowest BCUT2D eigenvalue weighted by Gasteiger charge is -2.47. The molecule has 3 rings (SSSR count). The summed E-state index contributed by atoms with van der Waals surface area (Å²) in [5.74, 6) is -2.78. The van der Waals surface area contributed by atoms with Crippen LogP contribution in [-0.2, 0) is 35.7 Å². The average Bonchev–Trinajstić information content (AvgIpc) is 2.52. The van der Waals surface area contributed by atoms with Crippen molar-refractivity contribution in [1.29, 1.82) is 0 Å². The predicted molar refractivity (Wildman–Crippen MR) is 85.8 cm³/mol. The van der Waals surface area contributed by atoms with E-state index >= 15 is 0 Å². The van der Waals surface area contributed by atoms with Gasteiger partial charge in [-0.25, -0.2) is 4.98 Å². The molecule has 0 spiro atoms. The minimum atomic E-state index is -3.79. The van der Waals surface area contributed by atoms with Gasteiger partial charge in [0.25, 0.3) is 10.1 Å². The fourth-order valence-electron chi connectivity index (χ4n) is 4.03. The summed E-state index contributed by atoms with van der Waals surface area (Å²) in [6.45, 7) is 1.70. The van der Waals surface area contributed by atoms with Gasteiger partial charge in [-0.15, -0.1) is 0 Å². The van der Waals surface area contributed by atoms with E-state index < -0.39 is 45.2 Å². The Kier molecular flexibility index (Phi) is 4.11. The molecule has 25 heavy (non-hydrogen) atoms. The smallest absolute Gasteiger partial charge is 0.321 e. The Morgan fingerprint density at radius 3 is 2.64 bits per heavy atom. The van der Waals surface area contributed by atoms with Gasteiger partial charge in [0.2, 0.25) is 5.88 Å². The SMILES string of the molecule is COc1ccc2c(n1)C[C@H]1C(=O)[C@]2(C(=O)O)CC(C)C1OS(C)(=O)=O. The number of rotatable bonds is 4. The first-order chi connectivity index (χ1) is 11.6. The van der Waals surface area contributed by atoms with Crippen molar-refractivity contribution in [3.8, 4) is 5.88 Å². The number of methoxy groups -OCH3 is 1. The van der Waals surface area contributed by atoms with Gasteiger partial charge in [-0.1, -0.05) is 13.0 Å². The van der Waals surface area contributed by atoms with Crippen molar-refractivity contribution >= 4 is 21.9 Å². The molecule has 4 atom stereocenters. The Morgan fingerprint density at radius 1 is 1.40 bits per heavy atom. The van der Waals surface area contributed by atoms with E-state index in [0.29, 0.717) is 17.1 Å². The molecule has 2 aliphatic carbocycles. The molecule has 0 aliphatic heterocycles. The maximum absolute atomic E-state index is 13.0. The molecular formula is C16H19NO7S. The highest BCUT2D eigenvalue weighted by atomic mass is 32.2. The monoisotopic (exact) mass is 369 g/mol. The number of fused-ring (bicyclic) bond motifs is 4. The molecule has 1 aromatic rings. The third kappa shape index (κ3) is 2.71. The zero-order valence-electron chi connectivity index (χ0n) is 14.1. The summed E-state index contributed by atoms with van der Waals surface area (Å²) in [6.07, 6.45) is 0.0848. The summed E-state index contributed by atoms with van der Waals surface area (Å²) in [5, 5.41) is 9.88. The number of hydrogen-bond acceptors (Lipinski definition) is 7. The van der Waals surface area contributed by atoms with E-state index in [9.17, 15) is 23.1 Å². The van der Waals surface area contributed by atoms with Crippen molar-refractivity contribution in [2.24, 2.45) is 11.8 Å². The van der Waals surface area contributed by atoms with Gasteiger partial charge in [0.05, 0.1) is 31.1 Å². The number of pyridine rings is 1. The maximum atomic E-state index is 13.0. The van der Waals surface area contributed by atoms with Crippen LogP contribution in [0.5, 0.6) is 5.88 Å². The van der Waals surface area contributed by atoms with Gasteiger partial charge in [0.15, 0.2) is 11.2 Å². The summed E-state index contributed by atoms with van der Waals surface area (Å²) in [4.78, 5) is 29.4. The second-order valence-electron chi connectivity index (χ2n) is 6.68. The summed E-state index contributed by atoms with van der Waals surface area (Å²) in [7, 11) is -2.35. The third-order valence-corrected chi connectivity index (χ3v) is 5.60. The van der Waals surface area contributed by atoms with Gasteiger partial charge in [-0.3, -0.25) is 13.8 Å². The molecule has 0 aromatic carbocycles. The highest BCUT2D eigenvalue weighted by Crippen LogP contribution is 2.49. The summed E-state index contributed by atoms with van der Waals surface area (Å²) in [6, 6.07) is 3.09. The normalized spacial score (nSPS) is 31.3. The quantitative estimate of drug-likeness (QED) is 0.603. The molecule has 1 saturated carbocycles. The van der Waals surface area contributed by atoms with Crippen LogP contribution >= 0.6 is 0 Å². The molecule has 9 heteroatoms. The molecule has 2 bridgehead atoms. The molecule has 1 aromatic heterocycles. The first-order valence-electron chi connectivity index (χ1n) is 7.80. The predicted octanol–water partition coefficient (Wildman–Crippen LogP) is 0.539. The Hall–Kier alpha value is -2.00. The Balaban J connectivity index is 2.17. The van der Waals surface area contributed by atoms with E-state index in [1.807, 2.05) is 0 Å². The number of carboxylic acids is 1. The van der Waals surface area contributed by atoms with Crippen LogP contribution in [0.1, 0.15) is 24.6 Å².